The molecule has 0 aliphatic heterocycles. The van der Waals surface area contributed by atoms with Crippen LogP contribution in [0.15, 0.2) is 12.2 Å². The third-order valence-corrected chi connectivity index (χ3v) is 2.65. The second-order valence-electron chi connectivity index (χ2n) is 4.78. The smallest absolute Gasteiger partial charge is 0.326 e. The van der Waals surface area contributed by atoms with Crippen LogP contribution in [-0.4, -0.2) is 29.2 Å². The van der Waals surface area contributed by atoms with Crippen LogP contribution in [0.2, 0.25) is 0 Å². The largest absolute Gasteiger partial charge is 0.480 e. The lowest BCUT2D eigenvalue weighted by Gasteiger charge is -2.19. The molecule has 1 aliphatic carbocycles. The number of aliphatic carboxylic acids is 1. The fraction of sp³-hybridized carbons (Fsp3) is 0.667. The Hall–Kier alpha value is -1.52. The number of carboxylic acids is 1. The molecule has 1 atom stereocenters. The Labute approximate surface area is 101 Å². The van der Waals surface area contributed by atoms with Crippen molar-refractivity contribution in [2.45, 2.75) is 45.2 Å². The quantitative estimate of drug-likeness (QED) is 0.637. The molecular formula is C12H20N2O3. The first-order valence-electron chi connectivity index (χ1n) is 5.94. The summed E-state index contributed by atoms with van der Waals surface area (Å²) in [5.41, 5.74) is 0. The number of hydrogen-bond donors (Lipinski definition) is 3. The maximum Gasteiger partial charge on any atom is 0.326 e. The van der Waals surface area contributed by atoms with Crippen LogP contribution >= 0.6 is 0 Å². The van der Waals surface area contributed by atoms with Gasteiger partial charge in [-0.1, -0.05) is 26.0 Å². The highest BCUT2D eigenvalue weighted by atomic mass is 16.4. The molecular weight excluding hydrogens is 220 g/mol. The van der Waals surface area contributed by atoms with Gasteiger partial charge in [0.2, 0.25) is 0 Å². The van der Waals surface area contributed by atoms with Gasteiger partial charge in [0.1, 0.15) is 6.04 Å². The average molecular weight is 240 g/mol. The van der Waals surface area contributed by atoms with Gasteiger partial charge in [-0.3, -0.25) is 0 Å². The van der Waals surface area contributed by atoms with E-state index in [-0.39, 0.29) is 12.0 Å². The van der Waals surface area contributed by atoms with Crippen LogP contribution in [0.1, 0.15) is 33.1 Å². The van der Waals surface area contributed by atoms with Crippen LogP contribution < -0.4 is 10.6 Å². The number of amides is 2. The van der Waals surface area contributed by atoms with Gasteiger partial charge in [0.15, 0.2) is 0 Å². The first-order valence-corrected chi connectivity index (χ1v) is 5.94. The first-order chi connectivity index (χ1) is 7.99. The number of hydrogen-bond acceptors (Lipinski definition) is 2. The molecule has 2 amide bonds. The molecule has 1 unspecified atom stereocenters. The van der Waals surface area contributed by atoms with Crippen LogP contribution in [0.25, 0.3) is 0 Å². The normalized spacial score (nSPS) is 17.1. The van der Waals surface area contributed by atoms with E-state index in [0.29, 0.717) is 6.42 Å². The number of urea groups is 1. The molecule has 0 bridgehead atoms. The number of nitrogens with one attached hydrogen (secondary N) is 2. The molecule has 0 saturated heterocycles. The van der Waals surface area contributed by atoms with Gasteiger partial charge in [-0.2, -0.15) is 0 Å². The lowest BCUT2D eigenvalue weighted by Crippen LogP contribution is -2.49. The first kappa shape index (κ1) is 13.5. The molecule has 17 heavy (non-hydrogen) atoms. The maximum atomic E-state index is 11.6. The monoisotopic (exact) mass is 240 g/mol. The van der Waals surface area contributed by atoms with Gasteiger partial charge in [-0.05, 0) is 25.2 Å². The molecule has 1 rings (SSSR count). The van der Waals surface area contributed by atoms with Crippen molar-refractivity contribution < 1.29 is 14.7 Å². The van der Waals surface area contributed by atoms with Crippen LogP contribution in [0.4, 0.5) is 4.79 Å². The zero-order valence-corrected chi connectivity index (χ0v) is 10.3. The predicted octanol–water partition coefficient (Wildman–Crippen LogP) is 1.50. The van der Waals surface area contributed by atoms with Crippen molar-refractivity contribution in [2.24, 2.45) is 5.92 Å². The van der Waals surface area contributed by atoms with E-state index >= 15 is 0 Å². The standard InChI is InChI=1S/C12H20N2O3/c1-8(2)7-10(11(15)16)14-12(17)13-9-5-3-4-6-9/h3-4,8-10H,5-7H2,1-2H3,(H,15,16)(H2,13,14,17). The summed E-state index contributed by atoms with van der Waals surface area (Å²) in [4.78, 5) is 22.5. The Morgan fingerprint density at radius 1 is 1.35 bits per heavy atom. The van der Waals surface area contributed by atoms with E-state index in [9.17, 15) is 9.59 Å². The number of rotatable bonds is 5. The van der Waals surface area contributed by atoms with E-state index in [1.165, 1.54) is 0 Å². The SMILES string of the molecule is CC(C)CC(NC(=O)NC1CC=CC1)C(=O)O. The van der Waals surface area contributed by atoms with Crippen molar-refractivity contribution in [3.63, 3.8) is 0 Å². The third kappa shape index (κ3) is 4.89. The predicted molar refractivity (Wildman–Crippen MR) is 64.7 cm³/mol. The van der Waals surface area contributed by atoms with Crippen LogP contribution in [0, 0.1) is 5.92 Å². The van der Waals surface area contributed by atoms with Crippen molar-refractivity contribution in [1.29, 1.82) is 0 Å². The topological polar surface area (TPSA) is 78.4 Å². The van der Waals surface area contributed by atoms with E-state index in [0.717, 1.165) is 12.8 Å². The molecule has 0 saturated carbocycles. The average Bonchev–Trinajstić information content (AvgIpc) is 2.68. The number of carbonyl (C=O) groups is 2. The minimum Gasteiger partial charge on any atom is -0.480 e. The van der Waals surface area contributed by atoms with Gasteiger partial charge >= 0.3 is 12.0 Å². The van der Waals surface area contributed by atoms with Crippen molar-refractivity contribution >= 4 is 12.0 Å². The highest BCUT2D eigenvalue weighted by molar-refractivity contribution is 5.82. The molecule has 3 N–H and O–H groups in total. The summed E-state index contributed by atoms with van der Waals surface area (Å²) in [6.07, 6.45) is 6.08. The number of carboxylic acid groups (broad SMARTS) is 1. The molecule has 96 valence electrons. The van der Waals surface area contributed by atoms with Crippen LogP contribution in [-0.2, 0) is 4.79 Å². The van der Waals surface area contributed by atoms with E-state index in [2.05, 4.69) is 10.6 Å². The van der Waals surface area contributed by atoms with E-state index < -0.39 is 18.0 Å². The van der Waals surface area contributed by atoms with Crippen LogP contribution in [0.5, 0.6) is 0 Å². The highest BCUT2D eigenvalue weighted by Gasteiger charge is 2.22. The Kier molecular flexibility index (Phi) is 5.00. The van der Waals surface area contributed by atoms with E-state index in [1.807, 2.05) is 26.0 Å². The Morgan fingerprint density at radius 3 is 2.41 bits per heavy atom. The molecule has 0 aromatic heterocycles. The van der Waals surface area contributed by atoms with Gasteiger partial charge in [0.05, 0.1) is 0 Å². The molecule has 0 heterocycles. The Bertz CT molecular complexity index is 305. The van der Waals surface area contributed by atoms with Gasteiger partial charge in [0, 0.05) is 6.04 Å². The molecule has 0 radical (unpaired) electrons. The van der Waals surface area contributed by atoms with Crippen molar-refractivity contribution in [2.75, 3.05) is 0 Å². The molecule has 0 aromatic carbocycles. The molecule has 5 heteroatoms. The molecule has 1 aliphatic rings. The summed E-state index contributed by atoms with van der Waals surface area (Å²) >= 11 is 0. The summed E-state index contributed by atoms with van der Waals surface area (Å²) in [6, 6.07) is -1.11. The molecule has 0 aromatic rings. The second-order valence-corrected chi connectivity index (χ2v) is 4.78. The third-order valence-electron chi connectivity index (χ3n) is 2.65. The summed E-state index contributed by atoms with van der Waals surface area (Å²) in [5.74, 6) is -0.761. The van der Waals surface area contributed by atoms with Crippen molar-refractivity contribution in [3.05, 3.63) is 12.2 Å². The lowest BCUT2D eigenvalue weighted by atomic mass is 10.0. The highest BCUT2D eigenvalue weighted by Crippen LogP contribution is 2.09. The van der Waals surface area contributed by atoms with Gasteiger partial charge in [-0.25, -0.2) is 9.59 Å². The fourth-order valence-corrected chi connectivity index (χ4v) is 1.81. The second kappa shape index (κ2) is 6.27. The summed E-state index contributed by atoms with van der Waals surface area (Å²) < 4.78 is 0. The van der Waals surface area contributed by atoms with Gasteiger partial charge in [0.25, 0.3) is 0 Å². The summed E-state index contributed by atoms with van der Waals surface area (Å²) in [5, 5.41) is 14.2. The summed E-state index contributed by atoms with van der Waals surface area (Å²) in [6.45, 7) is 3.85. The molecule has 0 fully saturated rings. The zero-order chi connectivity index (χ0) is 12.8. The molecule has 5 nitrogen and oxygen atoms in total. The minimum atomic E-state index is -0.988. The Balaban J connectivity index is 2.37. The van der Waals surface area contributed by atoms with E-state index in [4.69, 9.17) is 5.11 Å². The van der Waals surface area contributed by atoms with Crippen molar-refractivity contribution in [3.8, 4) is 0 Å². The fourth-order valence-electron chi connectivity index (χ4n) is 1.81. The summed E-state index contributed by atoms with van der Waals surface area (Å²) in [7, 11) is 0. The van der Waals surface area contributed by atoms with Crippen LogP contribution in [0.3, 0.4) is 0 Å². The maximum absolute atomic E-state index is 11.6. The minimum absolute atomic E-state index is 0.100. The Morgan fingerprint density at radius 2 is 1.94 bits per heavy atom. The zero-order valence-electron chi connectivity index (χ0n) is 10.3. The van der Waals surface area contributed by atoms with Crippen molar-refractivity contribution in [1.82, 2.24) is 10.6 Å². The van der Waals surface area contributed by atoms with Gasteiger partial charge in [-0.15, -0.1) is 0 Å². The molecule has 0 spiro atoms. The van der Waals surface area contributed by atoms with E-state index in [1.54, 1.807) is 0 Å². The number of carbonyl (C=O) groups excluding carboxylic acids is 1. The van der Waals surface area contributed by atoms with Gasteiger partial charge < -0.3 is 15.7 Å². The lowest BCUT2D eigenvalue weighted by molar-refractivity contribution is -0.139.